The van der Waals surface area contributed by atoms with Gasteiger partial charge in [0, 0.05) is 5.88 Å². The zero-order valence-corrected chi connectivity index (χ0v) is 21.2. The average Bonchev–Trinajstić information content (AvgIpc) is 2.68. The number of halogens is 1. The summed E-state index contributed by atoms with van der Waals surface area (Å²) < 4.78 is 32.4. The van der Waals surface area contributed by atoms with Crippen molar-refractivity contribution in [1.29, 1.82) is 0 Å². The Labute approximate surface area is 191 Å². The first-order valence-corrected chi connectivity index (χ1v) is 13.5. The van der Waals surface area contributed by atoms with Crippen LogP contribution in [0.2, 0.25) is 0 Å². The fourth-order valence-electron chi connectivity index (χ4n) is 3.47. The van der Waals surface area contributed by atoms with Gasteiger partial charge >= 0.3 is 0 Å². The van der Waals surface area contributed by atoms with Crippen LogP contribution < -0.4 is 0 Å². The molecule has 1 unspecified atom stereocenters. The molecule has 4 nitrogen and oxygen atoms in total. The molecule has 1 aromatic rings. The van der Waals surface area contributed by atoms with Crippen LogP contribution in [0.1, 0.15) is 83.6 Å². The molecule has 0 radical (unpaired) electrons. The van der Waals surface area contributed by atoms with Gasteiger partial charge in [-0.3, -0.25) is 0 Å². The molecule has 0 amide bonds. The smallest absolute Gasteiger partial charge is 0.124 e. The maximum atomic E-state index is 10.4. The maximum Gasteiger partial charge on any atom is 0.124 e. The van der Waals surface area contributed by atoms with Gasteiger partial charge in [0.15, 0.2) is 0 Å². The van der Waals surface area contributed by atoms with Gasteiger partial charge < -0.3 is 9.04 Å². The lowest BCUT2D eigenvalue weighted by Crippen LogP contribution is -2.46. The minimum absolute atomic E-state index is 0.178. The average molecular weight is 462 g/mol. The van der Waals surface area contributed by atoms with Crippen molar-refractivity contribution in [2.75, 3.05) is 32.6 Å². The first-order chi connectivity index (χ1) is 14.2. The predicted molar refractivity (Wildman–Crippen MR) is 128 cm³/mol. The second-order valence-electron chi connectivity index (χ2n) is 8.57. The minimum Gasteiger partial charge on any atom is -0.744 e. The molecule has 0 bridgehead atoms. The molecule has 6 heteroatoms. The van der Waals surface area contributed by atoms with Gasteiger partial charge in [0.25, 0.3) is 0 Å². The third-order valence-electron chi connectivity index (χ3n) is 5.49. The molecule has 1 atom stereocenters. The van der Waals surface area contributed by atoms with E-state index in [-0.39, 0.29) is 4.90 Å². The highest BCUT2D eigenvalue weighted by Gasteiger charge is 2.19. The van der Waals surface area contributed by atoms with E-state index < -0.39 is 10.1 Å². The number of rotatable bonds is 15. The normalized spacial score (nSPS) is 13.4. The van der Waals surface area contributed by atoms with Crippen LogP contribution in [-0.2, 0) is 10.1 Å². The summed E-state index contributed by atoms with van der Waals surface area (Å²) in [6, 6.07) is 5.78. The standard InChI is InChI=1S/C17H37ClN.C7H8O3S/c1-4-6-8-9-12-16-19(3,15-11-7-5-2)17-13-10-14-18;1-6-2-4-7(5-3-6)11(8,9)10/h4-17H2,1-3H3;2-5H,1H3,(H,8,9,10)/q+1;/p-1. The molecule has 0 saturated carbocycles. The van der Waals surface area contributed by atoms with Gasteiger partial charge in [-0.05, 0) is 57.6 Å². The van der Waals surface area contributed by atoms with Crippen LogP contribution in [0.5, 0.6) is 0 Å². The molecule has 0 heterocycles. The van der Waals surface area contributed by atoms with Gasteiger partial charge in [-0.1, -0.05) is 57.2 Å². The highest BCUT2D eigenvalue weighted by atomic mass is 35.5. The number of aryl methyl sites for hydroxylation is 1. The molecular formula is C24H44ClNO3S. The third-order valence-corrected chi connectivity index (χ3v) is 6.61. The lowest BCUT2D eigenvalue weighted by Gasteiger charge is -2.35. The van der Waals surface area contributed by atoms with Crippen LogP contribution in [0.4, 0.5) is 0 Å². The molecule has 176 valence electrons. The van der Waals surface area contributed by atoms with E-state index in [1.807, 2.05) is 6.92 Å². The van der Waals surface area contributed by atoms with E-state index in [9.17, 15) is 13.0 Å². The SMILES string of the molecule is CCCCCCC[N+](C)(CCCCC)CCCCCl.Cc1ccc(S(=O)(=O)[O-])cc1. The van der Waals surface area contributed by atoms with Gasteiger partial charge in [-0.15, -0.1) is 11.6 Å². The minimum atomic E-state index is -4.27. The number of nitrogens with zero attached hydrogens (tertiary/aromatic N) is 1. The van der Waals surface area contributed by atoms with Crippen LogP contribution in [-0.4, -0.2) is 50.0 Å². The van der Waals surface area contributed by atoms with E-state index >= 15 is 0 Å². The number of benzene rings is 1. The largest absolute Gasteiger partial charge is 0.744 e. The Morgan fingerprint density at radius 3 is 1.70 bits per heavy atom. The molecule has 1 aromatic carbocycles. The Balaban J connectivity index is 0.000000642. The van der Waals surface area contributed by atoms with Crippen molar-refractivity contribution in [2.45, 2.75) is 89.9 Å². The van der Waals surface area contributed by atoms with Gasteiger partial charge in [-0.2, -0.15) is 0 Å². The van der Waals surface area contributed by atoms with E-state index in [2.05, 4.69) is 20.9 Å². The van der Waals surface area contributed by atoms with Crippen LogP contribution >= 0.6 is 11.6 Å². The summed E-state index contributed by atoms with van der Waals surface area (Å²) in [4.78, 5) is -0.178. The van der Waals surface area contributed by atoms with Crippen LogP contribution in [0.3, 0.4) is 0 Å². The van der Waals surface area contributed by atoms with Gasteiger partial charge in [-0.25, -0.2) is 8.42 Å². The first-order valence-electron chi connectivity index (χ1n) is 11.6. The summed E-state index contributed by atoms with van der Waals surface area (Å²) in [5, 5.41) is 0. The van der Waals surface area contributed by atoms with E-state index in [1.165, 1.54) is 100 Å². The first kappa shape index (κ1) is 29.4. The molecule has 0 fully saturated rings. The van der Waals surface area contributed by atoms with E-state index in [0.717, 1.165) is 11.4 Å². The molecule has 0 aliphatic carbocycles. The summed E-state index contributed by atoms with van der Waals surface area (Å²) in [5.41, 5.74) is 0.928. The quantitative estimate of drug-likeness (QED) is 0.129. The fraction of sp³-hybridized carbons (Fsp3) is 0.750. The van der Waals surface area contributed by atoms with Crippen molar-refractivity contribution >= 4 is 21.7 Å². The highest BCUT2D eigenvalue weighted by Crippen LogP contribution is 2.14. The Hall–Kier alpha value is -0.620. The number of unbranched alkanes of at least 4 members (excludes halogenated alkanes) is 7. The van der Waals surface area contributed by atoms with Gasteiger partial charge in [0.2, 0.25) is 0 Å². The van der Waals surface area contributed by atoms with Crippen LogP contribution in [0.15, 0.2) is 29.2 Å². The molecule has 1 rings (SSSR count). The van der Waals surface area contributed by atoms with Crippen molar-refractivity contribution in [3.05, 3.63) is 29.8 Å². The Morgan fingerprint density at radius 1 is 0.800 bits per heavy atom. The second-order valence-corrected chi connectivity index (χ2v) is 10.3. The molecular weight excluding hydrogens is 418 g/mol. The highest BCUT2D eigenvalue weighted by molar-refractivity contribution is 7.85. The zero-order valence-electron chi connectivity index (χ0n) is 19.7. The summed E-state index contributed by atoms with van der Waals surface area (Å²) >= 11 is 5.81. The molecule has 0 spiro atoms. The van der Waals surface area contributed by atoms with Crippen molar-refractivity contribution in [3.63, 3.8) is 0 Å². The van der Waals surface area contributed by atoms with Crippen molar-refractivity contribution in [3.8, 4) is 0 Å². The molecule has 0 aliphatic heterocycles. The molecule has 0 saturated heterocycles. The van der Waals surface area contributed by atoms with Crippen LogP contribution in [0, 0.1) is 6.92 Å². The molecule has 0 aliphatic rings. The van der Waals surface area contributed by atoms with Gasteiger partial charge in [0.05, 0.1) is 31.6 Å². The van der Waals surface area contributed by atoms with E-state index in [0.29, 0.717) is 0 Å². The number of alkyl halides is 1. The lowest BCUT2D eigenvalue weighted by atomic mass is 10.1. The van der Waals surface area contributed by atoms with Crippen molar-refractivity contribution in [1.82, 2.24) is 0 Å². The number of hydrogen-bond donors (Lipinski definition) is 0. The summed E-state index contributed by atoms with van der Waals surface area (Å²) in [6.45, 7) is 10.5. The Bertz CT molecular complexity index is 622. The fourth-order valence-corrected chi connectivity index (χ4v) is 4.13. The van der Waals surface area contributed by atoms with Crippen LogP contribution in [0.25, 0.3) is 0 Å². The van der Waals surface area contributed by atoms with E-state index in [1.54, 1.807) is 12.1 Å². The van der Waals surface area contributed by atoms with Crippen molar-refractivity contribution < 1.29 is 17.5 Å². The molecule has 30 heavy (non-hydrogen) atoms. The third kappa shape index (κ3) is 15.2. The topological polar surface area (TPSA) is 57.2 Å². The maximum absolute atomic E-state index is 10.4. The summed E-state index contributed by atoms with van der Waals surface area (Å²) in [7, 11) is -1.81. The van der Waals surface area contributed by atoms with Gasteiger partial charge in [0.1, 0.15) is 10.1 Å². The summed E-state index contributed by atoms with van der Waals surface area (Å²) in [5.74, 6) is 0.825. The monoisotopic (exact) mass is 461 g/mol. The van der Waals surface area contributed by atoms with Crippen molar-refractivity contribution in [2.24, 2.45) is 0 Å². The lowest BCUT2D eigenvalue weighted by molar-refractivity contribution is -0.910. The molecule has 0 aromatic heterocycles. The number of quaternary nitrogens is 1. The predicted octanol–water partition coefficient (Wildman–Crippen LogP) is 6.51. The zero-order chi connectivity index (χ0) is 22.9. The Kier molecular flexibility index (Phi) is 16.6. The number of hydrogen-bond acceptors (Lipinski definition) is 3. The summed E-state index contributed by atoms with van der Waals surface area (Å²) in [6.07, 6.45) is 13.6. The van der Waals surface area contributed by atoms with E-state index in [4.69, 9.17) is 11.6 Å². The second kappa shape index (κ2) is 17.0. The Morgan fingerprint density at radius 2 is 1.23 bits per heavy atom. The molecule has 0 N–H and O–H groups in total.